The lowest BCUT2D eigenvalue weighted by Gasteiger charge is -2.12. The third-order valence-corrected chi connectivity index (χ3v) is 4.30. The normalized spacial score (nSPS) is 12.5. The molecule has 0 aromatic heterocycles. The monoisotopic (exact) mass is 403 g/mol. The van der Waals surface area contributed by atoms with Gasteiger partial charge in [-0.25, -0.2) is 0 Å². The molecule has 2 rings (SSSR count). The van der Waals surface area contributed by atoms with E-state index < -0.39 is 17.3 Å². The van der Waals surface area contributed by atoms with E-state index in [1.165, 1.54) is 20.1 Å². The Balaban J connectivity index is 2.27. The molecule has 0 N–H and O–H groups in total. The van der Waals surface area contributed by atoms with Crippen LogP contribution in [0, 0.1) is 18.3 Å². The van der Waals surface area contributed by atoms with Crippen LogP contribution in [0.2, 0.25) is 0 Å². The molecule has 0 radical (unpaired) electrons. The molecule has 8 heteroatoms. The van der Waals surface area contributed by atoms with Crippen LogP contribution in [-0.2, 0) is 22.5 Å². The molecule has 0 fully saturated rings. The molecule has 5 nitrogen and oxygen atoms in total. The quantitative estimate of drug-likeness (QED) is 0.492. The highest BCUT2D eigenvalue weighted by atomic mass is 19.4. The van der Waals surface area contributed by atoms with Gasteiger partial charge in [0.2, 0.25) is 0 Å². The predicted molar refractivity (Wildman–Crippen MR) is 104 cm³/mol. The zero-order chi connectivity index (χ0) is 21.6. The average Bonchev–Trinajstić information content (AvgIpc) is 2.68. The molecule has 0 saturated carbocycles. The van der Waals surface area contributed by atoms with Gasteiger partial charge in [0, 0.05) is 11.1 Å². The summed E-state index contributed by atoms with van der Waals surface area (Å²) in [7, 11) is 1.45. The van der Waals surface area contributed by atoms with Crippen LogP contribution in [0.25, 0.3) is 0 Å². The van der Waals surface area contributed by atoms with Gasteiger partial charge in [-0.3, -0.25) is 0 Å². The molecule has 0 amide bonds. The van der Waals surface area contributed by atoms with Crippen LogP contribution in [0.5, 0.6) is 0 Å². The Hall–Kier alpha value is -3.34. The van der Waals surface area contributed by atoms with E-state index in [4.69, 9.17) is 14.9 Å². The predicted octanol–water partition coefficient (Wildman–Crippen LogP) is 5.20. The smallest absolute Gasteiger partial charge is 0.399 e. The van der Waals surface area contributed by atoms with E-state index in [2.05, 4.69) is 10.3 Å². The van der Waals surface area contributed by atoms with E-state index in [0.717, 1.165) is 28.8 Å². The number of hydrogen-bond donors (Lipinski definition) is 0. The number of halogens is 3. The minimum atomic E-state index is -4.63. The second kappa shape index (κ2) is 9.24. The number of hydrogen-bond acceptors (Lipinski definition) is 5. The van der Waals surface area contributed by atoms with E-state index in [9.17, 15) is 13.2 Å². The van der Waals surface area contributed by atoms with Gasteiger partial charge in [-0.1, -0.05) is 34.6 Å². The van der Waals surface area contributed by atoms with Gasteiger partial charge < -0.3 is 9.68 Å². The third-order valence-electron chi connectivity index (χ3n) is 4.30. The van der Waals surface area contributed by atoms with Crippen molar-refractivity contribution in [3.63, 3.8) is 0 Å². The van der Waals surface area contributed by atoms with Crippen LogP contribution < -0.4 is 0 Å². The molecule has 2 aromatic rings. The fourth-order valence-corrected chi connectivity index (χ4v) is 2.77. The third kappa shape index (κ3) is 5.35. The van der Waals surface area contributed by atoms with Crippen molar-refractivity contribution < 1.29 is 22.8 Å². The number of rotatable bonds is 6. The Bertz CT molecular complexity index is 990. The zero-order valence-electron chi connectivity index (χ0n) is 16.5. The van der Waals surface area contributed by atoms with E-state index in [1.807, 2.05) is 25.1 Å². The van der Waals surface area contributed by atoms with Gasteiger partial charge in [0.25, 0.3) is 0 Å². The topological polar surface area (TPSA) is 67.0 Å². The van der Waals surface area contributed by atoms with Crippen molar-refractivity contribution in [3.8, 4) is 6.07 Å². The maximum Gasteiger partial charge on any atom is 0.417 e. The summed E-state index contributed by atoms with van der Waals surface area (Å²) in [5, 5.41) is 16.8. The van der Waals surface area contributed by atoms with Crippen molar-refractivity contribution in [3.05, 3.63) is 69.8 Å². The Morgan fingerprint density at radius 3 is 2.45 bits per heavy atom. The van der Waals surface area contributed by atoms with E-state index >= 15 is 0 Å². The maximum atomic E-state index is 13.1. The van der Waals surface area contributed by atoms with Crippen molar-refractivity contribution in [2.45, 2.75) is 33.6 Å². The fraction of sp³-hybridized carbons (Fsp3) is 0.286. The molecule has 0 heterocycles. The fourth-order valence-electron chi connectivity index (χ4n) is 2.77. The Kier molecular flexibility index (Phi) is 6.99. The molecule has 0 unspecified atom stereocenters. The van der Waals surface area contributed by atoms with Crippen LogP contribution in [0.4, 0.5) is 13.2 Å². The summed E-state index contributed by atoms with van der Waals surface area (Å²) in [6.07, 6.45) is -4.63. The minimum Gasteiger partial charge on any atom is -0.399 e. The molecule has 0 aliphatic rings. The van der Waals surface area contributed by atoms with Crippen molar-refractivity contribution in [1.29, 1.82) is 5.26 Å². The molecular weight excluding hydrogens is 383 g/mol. The molecule has 29 heavy (non-hydrogen) atoms. The first-order chi connectivity index (χ1) is 13.7. The summed E-state index contributed by atoms with van der Waals surface area (Å²) in [6, 6.07) is 10.7. The lowest BCUT2D eigenvalue weighted by molar-refractivity contribution is -0.137. The van der Waals surface area contributed by atoms with Crippen LogP contribution >= 0.6 is 0 Å². The van der Waals surface area contributed by atoms with E-state index in [1.54, 1.807) is 13.0 Å². The molecule has 0 bridgehead atoms. The number of benzene rings is 2. The lowest BCUT2D eigenvalue weighted by Crippen LogP contribution is -2.10. The summed E-state index contributed by atoms with van der Waals surface area (Å²) in [5.41, 5.74) is 2.34. The Labute approximate surface area is 167 Å². The Morgan fingerprint density at radius 2 is 1.83 bits per heavy atom. The van der Waals surface area contributed by atoms with Gasteiger partial charge in [0.05, 0.1) is 28.6 Å². The van der Waals surface area contributed by atoms with Crippen LogP contribution in [-0.4, -0.2) is 18.5 Å². The summed E-state index contributed by atoms with van der Waals surface area (Å²) in [4.78, 5) is 10.2. The number of oxime groups is 2. The van der Waals surface area contributed by atoms with Crippen LogP contribution in [0.3, 0.4) is 0 Å². The number of aryl methyl sites for hydroxylation is 1. The van der Waals surface area contributed by atoms with Gasteiger partial charge in [-0.2, -0.15) is 18.4 Å². The largest absolute Gasteiger partial charge is 0.417 e. The second-order valence-electron chi connectivity index (χ2n) is 6.28. The van der Waals surface area contributed by atoms with Gasteiger partial charge in [-0.05, 0) is 44.0 Å². The lowest BCUT2D eigenvalue weighted by atomic mass is 10.00. The van der Waals surface area contributed by atoms with Gasteiger partial charge in [0.15, 0.2) is 0 Å². The van der Waals surface area contributed by atoms with Gasteiger partial charge >= 0.3 is 6.18 Å². The van der Waals surface area contributed by atoms with Crippen LogP contribution in [0.1, 0.15) is 47.2 Å². The average molecular weight is 403 g/mol. The van der Waals surface area contributed by atoms with E-state index in [0.29, 0.717) is 5.71 Å². The second-order valence-corrected chi connectivity index (χ2v) is 6.28. The summed E-state index contributed by atoms with van der Waals surface area (Å²) in [6.45, 7) is 5.36. The molecular formula is C21H20F3N3O2. The first-order valence-corrected chi connectivity index (χ1v) is 8.64. The minimum absolute atomic E-state index is 0.109. The maximum absolute atomic E-state index is 13.1. The molecule has 152 valence electrons. The highest BCUT2D eigenvalue weighted by Crippen LogP contribution is 2.32. The Morgan fingerprint density at radius 1 is 1.10 bits per heavy atom. The zero-order valence-corrected chi connectivity index (χ0v) is 16.5. The van der Waals surface area contributed by atoms with E-state index in [-0.39, 0.29) is 17.9 Å². The van der Waals surface area contributed by atoms with Crippen molar-refractivity contribution in [2.24, 2.45) is 10.3 Å². The summed E-state index contributed by atoms with van der Waals surface area (Å²) < 4.78 is 39.4. The molecule has 0 saturated heterocycles. The highest BCUT2D eigenvalue weighted by Gasteiger charge is 2.34. The molecule has 2 aromatic carbocycles. The van der Waals surface area contributed by atoms with Gasteiger partial charge in [0.1, 0.15) is 13.7 Å². The SMILES string of the molecule is CO/N=C(/C)c1cccc(C)c1CO/N=C(\C)c1ccc(C#N)c(C(F)(F)F)c1. The molecule has 0 aliphatic carbocycles. The number of nitriles is 1. The van der Waals surface area contributed by atoms with Crippen molar-refractivity contribution >= 4 is 11.4 Å². The first-order valence-electron chi connectivity index (χ1n) is 8.64. The summed E-state index contributed by atoms with van der Waals surface area (Å²) >= 11 is 0. The number of nitrogens with zero attached hydrogens (tertiary/aromatic N) is 3. The van der Waals surface area contributed by atoms with Crippen molar-refractivity contribution in [1.82, 2.24) is 0 Å². The molecule has 0 spiro atoms. The summed E-state index contributed by atoms with van der Waals surface area (Å²) in [5.74, 6) is 0. The van der Waals surface area contributed by atoms with Crippen molar-refractivity contribution in [2.75, 3.05) is 7.11 Å². The highest BCUT2D eigenvalue weighted by molar-refractivity contribution is 6.00. The molecule has 0 aliphatic heterocycles. The standard InChI is InChI=1S/C21H20F3N3O2/c1-13-6-5-7-18(15(3)26-28-4)19(13)12-29-27-14(2)16-8-9-17(11-25)20(10-16)21(22,23)24/h5-10H,12H2,1-4H3/b26-15-,27-14+. The first kappa shape index (κ1) is 22.0. The number of alkyl halides is 3. The van der Waals surface area contributed by atoms with Gasteiger partial charge in [-0.15, -0.1) is 0 Å². The van der Waals surface area contributed by atoms with Crippen LogP contribution in [0.15, 0.2) is 46.7 Å². The molecule has 0 atom stereocenters.